The molecule has 2 nitrogen and oxygen atoms in total. The third-order valence-corrected chi connectivity index (χ3v) is 6.91. The fraction of sp³-hybridized carbons (Fsp3) is 0.700. The van der Waals surface area contributed by atoms with Crippen molar-refractivity contribution < 1.29 is 9.13 Å². The lowest BCUT2D eigenvalue weighted by atomic mass is 9.84. The zero-order chi connectivity index (χ0) is 16.7. The highest BCUT2D eigenvalue weighted by atomic mass is 35.5. The van der Waals surface area contributed by atoms with Gasteiger partial charge in [-0.15, -0.1) is 0 Å². The van der Waals surface area contributed by atoms with Crippen molar-refractivity contribution in [3.63, 3.8) is 0 Å². The van der Waals surface area contributed by atoms with E-state index in [4.69, 9.17) is 16.3 Å². The highest BCUT2D eigenvalue weighted by Crippen LogP contribution is 2.49. The van der Waals surface area contributed by atoms with Gasteiger partial charge in [0.2, 0.25) is 0 Å². The molecule has 4 rings (SSSR count). The summed E-state index contributed by atoms with van der Waals surface area (Å²) >= 11 is 6.10. The molecule has 0 amide bonds. The molecule has 1 aromatic carbocycles. The van der Waals surface area contributed by atoms with Crippen LogP contribution in [-0.2, 0) is 5.67 Å². The Bertz CT molecular complexity index is 599. The monoisotopic (exact) mass is 351 g/mol. The van der Waals surface area contributed by atoms with E-state index in [-0.39, 0.29) is 0 Å². The minimum absolute atomic E-state index is 0.532. The van der Waals surface area contributed by atoms with E-state index in [0.29, 0.717) is 29.2 Å². The second-order valence-electron chi connectivity index (χ2n) is 8.05. The lowest BCUT2D eigenvalue weighted by Gasteiger charge is -2.39. The van der Waals surface area contributed by atoms with Crippen LogP contribution in [0.2, 0.25) is 5.02 Å². The van der Waals surface area contributed by atoms with Gasteiger partial charge in [-0.2, -0.15) is 0 Å². The molecule has 1 aromatic rings. The largest absolute Gasteiger partial charge is 0.496 e. The molecule has 4 heteroatoms. The highest BCUT2D eigenvalue weighted by molar-refractivity contribution is 6.30. The molecule has 0 spiro atoms. The molecular weight excluding hydrogens is 325 g/mol. The van der Waals surface area contributed by atoms with E-state index in [1.807, 2.05) is 0 Å². The molecule has 3 aliphatic rings. The number of methoxy groups -OCH3 is 1. The first-order chi connectivity index (χ1) is 11.6. The summed E-state index contributed by atoms with van der Waals surface area (Å²) in [5, 5.41) is 0.576. The summed E-state index contributed by atoms with van der Waals surface area (Å²) < 4.78 is 21.0. The molecule has 1 aliphatic heterocycles. The Hall–Kier alpha value is -0.800. The van der Waals surface area contributed by atoms with Crippen molar-refractivity contribution in [1.29, 1.82) is 0 Å². The molecule has 2 aliphatic carbocycles. The number of fused-ring (bicyclic) bond motifs is 2. The van der Waals surface area contributed by atoms with Crippen molar-refractivity contribution in [2.24, 2.45) is 17.8 Å². The van der Waals surface area contributed by atoms with Crippen LogP contribution < -0.4 is 4.74 Å². The van der Waals surface area contributed by atoms with Gasteiger partial charge in [0.05, 0.1) is 7.11 Å². The van der Waals surface area contributed by atoms with Gasteiger partial charge in [0.1, 0.15) is 11.4 Å². The molecule has 24 heavy (non-hydrogen) atoms. The lowest BCUT2D eigenvalue weighted by molar-refractivity contribution is 0.0424. The Morgan fingerprint density at radius 3 is 2.67 bits per heavy atom. The number of halogens is 2. The van der Waals surface area contributed by atoms with Gasteiger partial charge in [-0.05, 0) is 68.1 Å². The highest BCUT2D eigenvalue weighted by Gasteiger charge is 2.42. The van der Waals surface area contributed by atoms with Crippen molar-refractivity contribution >= 4 is 11.6 Å². The van der Waals surface area contributed by atoms with Crippen LogP contribution in [0, 0.1) is 17.8 Å². The molecule has 2 saturated carbocycles. The number of nitrogens with zero attached hydrogens (tertiary/aromatic N) is 1. The summed E-state index contributed by atoms with van der Waals surface area (Å²) in [5.41, 5.74) is -0.696. The molecular formula is C20H27ClFNO. The number of hydrogen-bond acceptors (Lipinski definition) is 2. The smallest absolute Gasteiger partial charge is 0.142 e. The van der Waals surface area contributed by atoms with Gasteiger partial charge in [-0.25, -0.2) is 4.39 Å². The van der Waals surface area contributed by atoms with Crippen LogP contribution in [0.15, 0.2) is 18.2 Å². The van der Waals surface area contributed by atoms with Crippen LogP contribution in [-0.4, -0.2) is 31.6 Å². The van der Waals surface area contributed by atoms with E-state index in [1.54, 1.807) is 25.3 Å². The van der Waals surface area contributed by atoms with Crippen LogP contribution >= 0.6 is 11.6 Å². The Kier molecular flexibility index (Phi) is 4.51. The quantitative estimate of drug-likeness (QED) is 0.753. The maximum absolute atomic E-state index is 15.6. The number of rotatable bonds is 4. The summed E-state index contributed by atoms with van der Waals surface area (Å²) in [6.07, 6.45) is 6.80. The van der Waals surface area contributed by atoms with E-state index >= 15 is 4.39 Å². The first kappa shape index (κ1) is 16.7. The molecule has 132 valence electrons. The Morgan fingerprint density at radius 1 is 1.25 bits per heavy atom. The van der Waals surface area contributed by atoms with Crippen LogP contribution in [0.25, 0.3) is 0 Å². The fourth-order valence-electron chi connectivity index (χ4n) is 5.32. The second-order valence-corrected chi connectivity index (χ2v) is 8.48. The van der Waals surface area contributed by atoms with E-state index in [9.17, 15) is 0 Å². The Labute approximate surface area is 149 Å². The van der Waals surface area contributed by atoms with Crippen molar-refractivity contribution in [3.05, 3.63) is 28.8 Å². The number of piperidine rings is 1. The maximum Gasteiger partial charge on any atom is 0.142 e. The molecule has 3 atom stereocenters. The number of ether oxygens (including phenoxy) is 1. The number of benzene rings is 1. The Morgan fingerprint density at radius 2 is 2.04 bits per heavy atom. The topological polar surface area (TPSA) is 12.5 Å². The second kappa shape index (κ2) is 6.49. The molecule has 2 bridgehead atoms. The molecule has 0 unspecified atom stereocenters. The van der Waals surface area contributed by atoms with E-state index in [0.717, 1.165) is 30.8 Å². The summed E-state index contributed by atoms with van der Waals surface area (Å²) in [7, 11) is 1.60. The summed E-state index contributed by atoms with van der Waals surface area (Å²) in [6.45, 7) is 2.84. The molecule has 0 aromatic heterocycles. The van der Waals surface area contributed by atoms with E-state index < -0.39 is 5.67 Å². The number of alkyl halides is 1. The van der Waals surface area contributed by atoms with Gasteiger partial charge in [0.25, 0.3) is 0 Å². The van der Waals surface area contributed by atoms with Gasteiger partial charge in [-0.3, -0.25) is 0 Å². The normalized spacial score (nSPS) is 32.2. The van der Waals surface area contributed by atoms with Gasteiger partial charge < -0.3 is 9.64 Å². The fourth-order valence-corrected chi connectivity index (χ4v) is 5.49. The average molecular weight is 352 g/mol. The SMILES string of the molecule is COc1ccc(Cl)cc1C1(F)CCN(C[C@H]2C[C@H]3CC[C@H]2C3)CC1. The average Bonchev–Trinajstić information content (AvgIpc) is 3.20. The zero-order valence-corrected chi connectivity index (χ0v) is 15.2. The Balaban J connectivity index is 1.41. The van der Waals surface area contributed by atoms with Crippen molar-refractivity contribution in [2.45, 2.75) is 44.2 Å². The van der Waals surface area contributed by atoms with Crippen LogP contribution in [0.3, 0.4) is 0 Å². The van der Waals surface area contributed by atoms with Crippen molar-refractivity contribution in [1.82, 2.24) is 4.90 Å². The minimum Gasteiger partial charge on any atom is -0.496 e. The lowest BCUT2D eigenvalue weighted by Crippen LogP contribution is -2.43. The van der Waals surface area contributed by atoms with Crippen molar-refractivity contribution in [3.8, 4) is 5.75 Å². The van der Waals surface area contributed by atoms with Gasteiger partial charge in [-0.1, -0.05) is 18.0 Å². The van der Waals surface area contributed by atoms with E-state index in [1.165, 1.54) is 32.2 Å². The molecule has 1 saturated heterocycles. The zero-order valence-electron chi connectivity index (χ0n) is 14.4. The number of likely N-dealkylation sites (tertiary alicyclic amines) is 1. The third-order valence-electron chi connectivity index (χ3n) is 6.67. The van der Waals surface area contributed by atoms with Gasteiger partial charge in [0.15, 0.2) is 0 Å². The first-order valence-corrected chi connectivity index (χ1v) is 9.70. The van der Waals surface area contributed by atoms with Gasteiger partial charge in [0, 0.05) is 30.2 Å². The summed E-state index contributed by atoms with van der Waals surface area (Å²) in [4.78, 5) is 2.49. The molecule has 3 fully saturated rings. The standard InChI is InChI=1S/C20H27ClFNO/c1-24-19-5-4-17(21)12-18(19)20(22)6-8-23(9-7-20)13-16-11-14-2-3-15(16)10-14/h4-5,12,14-16H,2-3,6-11,13H2,1H3/t14-,15-,16+/m0/s1. The van der Waals surface area contributed by atoms with E-state index in [2.05, 4.69) is 4.90 Å². The van der Waals surface area contributed by atoms with Crippen molar-refractivity contribution in [2.75, 3.05) is 26.7 Å². The summed E-state index contributed by atoms with van der Waals surface area (Å²) in [5.74, 6) is 3.40. The minimum atomic E-state index is -1.32. The third kappa shape index (κ3) is 3.06. The van der Waals surface area contributed by atoms with Crippen LogP contribution in [0.5, 0.6) is 5.75 Å². The van der Waals surface area contributed by atoms with Crippen LogP contribution in [0.1, 0.15) is 44.1 Å². The predicted molar refractivity (Wildman–Crippen MR) is 95.4 cm³/mol. The molecule has 1 heterocycles. The number of hydrogen-bond donors (Lipinski definition) is 0. The first-order valence-electron chi connectivity index (χ1n) is 9.33. The predicted octanol–water partition coefficient (Wildman–Crippen LogP) is 5.05. The molecule has 0 N–H and O–H groups in total. The summed E-state index contributed by atoms with van der Waals surface area (Å²) in [6, 6.07) is 5.28. The van der Waals surface area contributed by atoms with Gasteiger partial charge >= 0.3 is 0 Å². The molecule has 0 radical (unpaired) electrons. The van der Waals surface area contributed by atoms with Crippen LogP contribution in [0.4, 0.5) is 4.39 Å². The maximum atomic E-state index is 15.6.